The molecule has 1 heterocycles. The molecule has 0 spiro atoms. The highest BCUT2D eigenvalue weighted by Gasteiger charge is 2.22. The quantitative estimate of drug-likeness (QED) is 0.918. The van der Waals surface area contributed by atoms with Crippen molar-refractivity contribution in [2.45, 2.75) is 32.2 Å². The van der Waals surface area contributed by atoms with E-state index < -0.39 is 0 Å². The second-order valence-electron chi connectivity index (χ2n) is 6.32. The maximum absolute atomic E-state index is 14.3. The van der Waals surface area contributed by atoms with Gasteiger partial charge in [0.05, 0.1) is 12.7 Å². The van der Waals surface area contributed by atoms with Crippen LogP contribution in [0.3, 0.4) is 0 Å². The zero-order chi connectivity index (χ0) is 16.2. The van der Waals surface area contributed by atoms with Gasteiger partial charge in [-0.05, 0) is 49.7 Å². The van der Waals surface area contributed by atoms with Gasteiger partial charge in [-0.2, -0.15) is 0 Å². The first kappa shape index (κ1) is 16.0. The molecule has 0 aliphatic heterocycles. The molecule has 1 saturated carbocycles. The molecule has 0 bridgehead atoms. The molecular formula is C18H23FN2O2. The summed E-state index contributed by atoms with van der Waals surface area (Å²) in [5, 5.41) is 9.23. The van der Waals surface area contributed by atoms with Crippen molar-refractivity contribution in [1.29, 1.82) is 0 Å². The second kappa shape index (κ2) is 7.13. The van der Waals surface area contributed by atoms with E-state index in [0.29, 0.717) is 35.6 Å². The van der Waals surface area contributed by atoms with Crippen LogP contribution in [0, 0.1) is 17.7 Å². The van der Waals surface area contributed by atoms with Gasteiger partial charge in [0.2, 0.25) is 0 Å². The molecule has 1 aliphatic carbocycles. The van der Waals surface area contributed by atoms with Gasteiger partial charge in [0, 0.05) is 31.6 Å². The summed E-state index contributed by atoms with van der Waals surface area (Å²) in [6.07, 6.45) is 7.99. The third-order valence-corrected chi connectivity index (χ3v) is 4.81. The van der Waals surface area contributed by atoms with Crippen molar-refractivity contribution in [3.05, 3.63) is 36.4 Å². The Labute approximate surface area is 135 Å². The van der Waals surface area contributed by atoms with Crippen molar-refractivity contribution < 1.29 is 14.2 Å². The standard InChI is InChI=1S/C18H23FN2O2/c1-23-15-6-7-16(17(19)10-15)18-20-8-9-21(18)11-13-2-4-14(12-22)5-3-13/h6-10,13-14,22H,2-5,11-12H2,1H3. The number of aromatic nitrogens is 2. The maximum atomic E-state index is 14.3. The number of hydrogen-bond donors (Lipinski definition) is 1. The highest BCUT2D eigenvalue weighted by molar-refractivity contribution is 5.58. The molecule has 2 aromatic rings. The first-order chi connectivity index (χ1) is 11.2. The molecule has 1 fully saturated rings. The van der Waals surface area contributed by atoms with Crippen LogP contribution in [0.25, 0.3) is 11.4 Å². The van der Waals surface area contributed by atoms with Crippen LogP contribution in [-0.4, -0.2) is 28.4 Å². The number of rotatable bonds is 5. The smallest absolute Gasteiger partial charge is 0.142 e. The SMILES string of the molecule is COc1ccc(-c2nccn2CC2CCC(CO)CC2)c(F)c1. The monoisotopic (exact) mass is 318 g/mol. The Hall–Kier alpha value is -1.88. The summed E-state index contributed by atoms with van der Waals surface area (Å²) in [5.74, 6) is 1.86. The minimum Gasteiger partial charge on any atom is -0.497 e. The predicted octanol–water partition coefficient (Wildman–Crippen LogP) is 3.50. The molecule has 0 unspecified atom stereocenters. The molecule has 0 atom stereocenters. The fourth-order valence-electron chi connectivity index (χ4n) is 3.38. The summed E-state index contributed by atoms with van der Waals surface area (Å²) in [7, 11) is 1.53. The van der Waals surface area contributed by atoms with Gasteiger partial charge in [-0.25, -0.2) is 9.37 Å². The summed E-state index contributed by atoms with van der Waals surface area (Å²) < 4.78 is 21.4. The molecule has 0 saturated heterocycles. The average Bonchev–Trinajstić information content (AvgIpc) is 3.03. The van der Waals surface area contributed by atoms with E-state index in [2.05, 4.69) is 4.98 Å². The molecule has 0 amide bonds. The first-order valence-electron chi connectivity index (χ1n) is 8.17. The summed E-state index contributed by atoms with van der Waals surface area (Å²) in [6.45, 7) is 1.14. The van der Waals surface area contributed by atoms with E-state index in [9.17, 15) is 9.50 Å². The average molecular weight is 318 g/mol. The van der Waals surface area contributed by atoms with Gasteiger partial charge < -0.3 is 14.4 Å². The molecule has 5 heteroatoms. The highest BCUT2D eigenvalue weighted by Crippen LogP contribution is 2.31. The third kappa shape index (κ3) is 3.55. The number of halogens is 1. The van der Waals surface area contributed by atoms with E-state index in [1.165, 1.54) is 13.2 Å². The van der Waals surface area contributed by atoms with Gasteiger partial charge in [0.15, 0.2) is 0 Å². The number of methoxy groups -OCH3 is 1. The lowest BCUT2D eigenvalue weighted by molar-refractivity contribution is 0.161. The first-order valence-corrected chi connectivity index (χ1v) is 8.17. The summed E-state index contributed by atoms with van der Waals surface area (Å²) in [5.41, 5.74) is 0.500. The zero-order valence-corrected chi connectivity index (χ0v) is 13.4. The molecule has 0 radical (unpaired) electrons. The maximum Gasteiger partial charge on any atom is 0.142 e. The van der Waals surface area contributed by atoms with Gasteiger partial charge in [0.25, 0.3) is 0 Å². The number of aliphatic hydroxyl groups is 1. The van der Waals surface area contributed by atoms with Gasteiger partial charge in [0.1, 0.15) is 17.4 Å². The molecule has 4 nitrogen and oxygen atoms in total. The second-order valence-corrected chi connectivity index (χ2v) is 6.32. The van der Waals surface area contributed by atoms with Gasteiger partial charge in [-0.3, -0.25) is 0 Å². The lowest BCUT2D eigenvalue weighted by Gasteiger charge is -2.27. The van der Waals surface area contributed by atoms with E-state index in [1.54, 1.807) is 18.3 Å². The number of benzene rings is 1. The normalized spacial score (nSPS) is 21.3. The third-order valence-electron chi connectivity index (χ3n) is 4.81. The summed E-state index contributed by atoms with van der Waals surface area (Å²) in [4.78, 5) is 4.34. The molecule has 1 aromatic heterocycles. The largest absolute Gasteiger partial charge is 0.497 e. The molecular weight excluding hydrogens is 295 g/mol. The van der Waals surface area contributed by atoms with Crippen molar-refractivity contribution >= 4 is 0 Å². The van der Waals surface area contributed by atoms with E-state index >= 15 is 0 Å². The Morgan fingerprint density at radius 3 is 2.65 bits per heavy atom. The molecule has 1 aromatic carbocycles. The van der Waals surface area contributed by atoms with E-state index in [4.69, 9.17) is 4.74 Å². The molecule has 1 aliphatic rings. The van der Waals surface area contributed by atoms with E-state index in [-0.39, 0.29) is 5.82 Å². The summed E-state index contributed by atoms with van der Waals surface area (Å²) in [6, 6.07) is 4.86. The Bertz CT molecular complexity index is 648. The Balaban J connectivity index is 1.75. The highest BCUT2D eigenvalue weighted by atomic mass is 19.1. The Morgan fingerprint density at radius 2 is 2.00 bits per heavy atom. The van der Waals surface area contributed by atoms with Gasteiger partial charge in [-0.1, -0.05) is 0 Å². The van der Waals surface area contributed by atoms with Crippen LogP contribution in [0.4, 0.5) is 4.39 Å². The van der Waals surface area contributed by atoms with Crippen LogP contribution in [-0.2, 0) is 6.54 Å². The predicted molar refractivity (Wildman–Crippen MR) is 86.7 cm³/mol. The van der Waals surface area contributed by atoms with Crippen LogP contribution in [0.2, 0.25) is 0 Å². The number of aliphatic hydroxyl groups excluding tert-OH is 1. The molecule has 1 N–H and O–H groups in total. The van der Waals surface area contributed by atoms with Crippen LogP contribution >= 0.6 is 0 Å². The zero-order valence-electron chi connectivity index (χ0n) is 13.4. The lowest BCUT2D eigenvalue weighted by Crippen LogP contribution is -2.21. The minimum atomic E-state index is -0.319. The van der Waals surface area contributed by atoms with Crippen molar-refractivity contribution in [1.82, 2.24) is 9.55 Å². The fourth-order valence-corrected chi connectivity index (χ4v) is 3.38. The Morgan fingerprint density at radius 1 is 1.26 bits per heavy atom. The molecule has 3 rings (SSSR count). The van der Waals surface area contributed by atoms with E-state index in [0.717, 1.165) is 32.2 Å². The van der Waals surface area contributed by atoms with Crippen molar-refractivity contribution in [2.24, 2.45) is 11.8 Å². The minimum absolute atomic E-state index is 0.292. The van der Waals surface area contributed by atoms with Crippen LogP contribution in [0.15, 0.2) is 30.6 Å². The Kier molecular flexibility index (Phi) is 4.96. The van der Waals surface area contributed by atoms with Crippen molar-refractivity contribution in [3.63, 3.8) is 0 Å². The van der Waals surface area contributed by atoms with Crippen LogP contribution < -0.4 is 4.74 Å². The topological polar surface area (TPSA) is 47.3 Å². The fraction of sp³-hybridized carbons (Fsp3) is 0.500. The number of ether oxygens (including phenoxy) is 1. The van der Waals surface area contributed by atoms with Gasteiger partial charge in [-0.15, -0.1) is 0 Å². The van der Waals surface area contributed by atoms with Crippen molar-refractivity contribution in [3.8, 4) is 17.1 Å². The van der Waals surface area contributed by atoms with Crippen molar-refractivity contribution in [2.75, 3.05) is 13.7 Å². The summed E-state index contributed by atoms with van der Waals surface area (Å²) >= 11 is 0. The lowest BCUT2D eigenvalue weighted by atomic mass is 9.82. The molecule has 23 heavy (non-hydrogen) atoms. The number of hydrogen-bond acceptors (Lipinski definition) is 3. The number of nitrogens with zero attached hydrogens (tertiary/aromatic N) is 2. The van der Waals surface area contributed by atoms with Crippen LogP contribution in [0.5, 0.6) is 5.75 Å². The van der Waals surface area contributed by atoms with Crippen LogP contribution in [0.1, 0.15) is 25.7 Å². The number of imidazole rings is 1. The molecule has 124 valence electrons. The van der Waals surface area contributed by atoms with Gasteiger partial charge >= 0.3 is 0 Å². The van der Waals surface area contributed by atoms with E-state index in [1.807, 2.05) is 10.8 Å².